The molecule has 0 spiro atoms. The highest BCUT2D eigenvalue weighted by atomic mass is 16.5. The Balaban J connectivity index is 3.74. The molecule has 0 saturated carbocycles. The van der Waals surface area contributed by atoms with Gasteiger partial charge in [-0.15, -0.1) is 0 Å². The molecule has 100 valence electrons. The minimum Gasteiger partial charge on any atom is -0.480 e. The number of rotatable bonds is 8. The van der Waals surface area contributed by atoms with Gasteiger partial charge >= 0.3 is 12.0 Å². The third-order valence-electron chi connectivity index (χ3n) is 2.56. The summed E-state index contributed by atoms with van der Waals surface area (Å²) in [7, 11) is 1.76. The molecule has 0 bridgehead atoms. The van der Waals surface area contributed by atoms with Gasteiger partial charge in [0.05, 0.1) is 6.61 Å². The number of carboxylic acids is 1. The molecule has 2 amide bonds. The summed E-state index contributed by atoms with van der Waals surface area (Å²) in [5.74, 6) is -1.01. The standard InChI is InChI=1S/C11H22N2O4/c1-4-9(5-2)13(3)11(16)12-6-7-17-8-10(14)15/h9H,4-8H2,1-3H3,(H,12,16)(H,14,15). The highest BCUT2D eigenvalue weighted by molar-refractivity contribution is 5.74. The van der Waals surface area contributed by atoms with E-state index >= 15 is 0 Å². The number of urea groups is 1. The van der Waals surface area contributed by atoms with Gasteiger partial charge in [-0.1, -0.05) is 13.8 Å². The van der Waals surface area contributed by atoms with Crippen molar-refractivity contribution in [2.75, 3.05) is 26.8 Å². The molecule has 0 radical (unpaired) electrons. The van der Waals surface area contributed by atoms with Gasteiger partial charge < -0.3 is 20.1 Å². The lowest BCUT2D eigenvalue weighted by Crippen LogP contribution is -2.44. The Kier molecular flexibility index (Phi) is 8.13. The van der Waals surface area contributed by atoms with E-state index in [1.165, 1.54) is 0 Å². The number of amides is 2. The molecule has 0 rings (SSSR count). The molecule has 0 aromatic rings. The summed E-state index contributed by atoms with van der Waals surface area (Å²) < 4.78 is 4.81. The van der Waals surface area contributed by atoms with E-state index in [2.05, 4.69) is 5.32 Å². The Labute approximate surface area is 102 Å². The van der Waals surface area contributed by atoms with Crippen LogP contribution in [0.2, 0.25) is 0 Å². The lowest BCUT2D eigenvalue weighted by molar-refractivity contribution is -0.142. The van der Waals surface area contributed by atoms with Gasteiger partial charge in [0.15, 0.2) is 0 Å². The monoisotopic (exact) mass is 246 g/mol. The van der Waals surface area contributed by atoms with E-state index in [1.54, 1.807) is 11.9 Å². The van der Waals surface area contributed by atoms with Crippen molar-refractivity contribution in [1.29, 1.82) is 0 Å². The fraction of sp³-hybridized carbons (Fsp3) is 0.818. The van der Waals surface area contributed by atoms with Crippen LogP contribution < -0.4 is 5.32 Å². The number of aliphatic carboxylic acids is 1. The minimum atomic E-state index is -1.01. The van der Waals surface area contributed by atoms with Crippen molar-refractivity contribution in [3.05, 3.63) is 0 Å². The zero-order chi connectivity index (χ0) is 13.3. The topological polar surface area (TPSA) is 78.9 Å². The summed E-state index contributed by atoms with van der Waals surface area (Å²) in [6.45, 7) is 4.26. The van der Waals surface area contributed by atoms with Crippen molar-refractivity contribution >= 4 is 12.0 Å². The molecule has 17 heavy (non-hydrogen) atoms. The Morgan fingerprint density at radius 1 is 1.35 bits per heavy atom. The maximum atomic E-state index is 11.6. The van der Waals surface area contributed by atoms with Crippen LogP contribution in [-0.2, 0) is 9.53 Å². The largest absolute Gasteiger partial charge is 0.480 e. The van der Waals surface area contributed by atoms with Crippen molar-refractivity contribution < 1.29 is 19.4 Å². The first-order valence-corrected chi connectivity index (χ1v) is 5.83. The summed E-state index contributed by atoms with van der Waals surface area (Å²) >= 11 is 0. The third kappa shape index (κ3) is 6.78. The number of carboxylic acid groups (broad SMARTS) is 1. The van der Waals surface area contributed by atoms with E-state index in [0.717, 1.165) is 12.8 Å². The molecule has 0 unspecified atom stereocenters. The lowest BCUT2D eigenvalue weighted by atomic mass is 10.1. The molecular formula is C11H22N2O4. The van der Waals surface area contributed by atoms with Crippen LogP contribution in [0.4, 0.5) is 4.79 Å². The van der Waals surface area contributed by atoms with Crippen LogP contribution in [0.1, 0.15) is 26.7 Å². The maximum absolute atomic E-state index is 11.6. The highest BCUT2D eigenvalue weighted by Gasteiger charge is 2.15. The van der Waals surface area contributed by atoms with Crippen molar-refractivity contribution in [3.63, 3.8) is 0 Å². The van der Waals surface area contributed by atoms with E-state index in [-0.39, 0.29) is 25.3 Å². The number of hydrogen-bond acceptors (Lipinski definition) is 3. The van der Waals surface area contributed by atoms with E-state index in [0.29, 0.717) is 6.54 Å². The molecule has 0 fully saturated rings. The first kappa shape index (κ1) is 15.7. The van der Waals surface area contributed by atoms with E-state index < -0.39 is 5.97 Å². The Morgan fingerprint density at radius 3 is 2.41 bits per heavy atom. The first-order chi connectivity index (χ1) is 8.02. The molecule has 6 heteroatoms. The Hall–Kier alpha value is -1.30. The normalized spacial score (nSPS) is 10.4. The predicted molar refractivity (Wildman–Crippen MR) is 64.0 cm³/mol. The fourth-order valence-electron chi connectivity index (χ4n) is 1.52. The maximum Gasteiger partial charge on any atom is 0.329 e. The molecule has 2 N–H and O–H groups in total. The second kappa shape index (κ2) is 8.81. The number of carbonyl (C=O) groups is 2. The molecule has 0 aliphatic carbocycles. The molecular weight excluding hydrogens is 224 g/mol. The van der Waals surface area contributed by atoms with Crippen molar-refractivity contribution in [2.45, 2.75) is 32.7 Å². The quantitative estimate of drug-likeness (QED) is 0.624. The molecule has 0 aromatic heterocycles. The molecule has 0 saturated heterocycles. The number of hydrogen-bond donors (Lipinski definition) is 2. The average molecular weight is 246 g/mol. The second-order valence-electron chi connectivity index (χ2n) is 3.76. The van der Waals surface area contributed by atoms with E-state index in [1.807, 2.05) is 13.8 Å². The van der Waals surface area contributed by atoms with Crippen LogP contribution in [-0.4, -0.2) is 54.9 Å². The molecule has 0 atom stereocenters. The molecule has 0 aliphatic rings. The minimum absolute atomic E-state index is 0.155. The molecule has 6 nitrogen and oxygen atoms in total. The lowest BCUT2D eigenvalue weighted by Gasteiger charge is -2.26. The summed E-state index contributed by atoms with van der Waals surface area (Å²) in [6, 6.07) is 0.0764. The zero-order valence-corrected chi connectivity index (χ0v) is 10.7. The summed E-state index contributed by atoms with van der Waals surface area (Å²) in [6.07, 6.45) is 1.83. The van der Waals surface area contributed by atoms with Crippen LogP contribution in [0.25, 0.3) is 0 Å². The highest BCUT2D eigenvalue weighted by Crippen LogP contribution is 2.05. The van der Waals surface area contributed by atoms with E-state index in [4.69, 9.17) is 9.84 Å². The first-order valence-electron chi connectivity index (χ1n) is 5.83. The van der Waals surface area contributed by atoms with Gasteiger partial charge in [0.2, 0.25) is 0 Å². The van der Waals surface area contributed by atoms with Crippen LogP contribution in [0.5, 0.6) is 0 Å². The van der Waals surface area contributed by atoms with Crippen molar-refractivity contribution in [2.24, 2.45) is 0 Å². The van der Waals surface area contributed by atoms with Crippen LogP contribution in [0, 0.1) is 0 Å². The second-order valence-corrected chi connectivity index (χ2v) is 3.76. The van der Waals surface area contributed by atoms with Crippen LogP contribution in [0.3, 0.4) is 0 Å². The average Bonchev–Trinajstić information content (AvgIpc) is 2.29. The Morgan fingerprint density at radius 2 is 1.94 bits per heavy atom. The van der Waals surface area contributed by atoms with Crippen molar-refractivity contribution in [3.8, 4) is 0 Å². The van der Waals surface area contributed by atoms with Crippen molar-refractivity contribution in [1.82, 2.24) is 10.2 Å². The SMILES string of the molecule is CCC(CC)N(C)C(=O)NCCOCC(=O)O. The molecule has 0 aromatic carbocycles. The number of ether oxygens (including phenoxy) is 1. The number of nitrogens with zero attached hydrogens (tertiary/aromatic N) is 1. The van der Waals surface area contributed by atoms with Gasteiger partial charge in [0.25, 0.3) is 0 Å². The van der Waals surface area contributed by atoms with Gasteiger partial charge in [-0.2, -0.15) is 0 Å². The van der Waals surface area contributed by atoms with Gasteiger partial charge in [-0.3, -0.25) is 0 Å². The number of nitrogens with one attached hydrogen (secondary N) is 1. The fourth-order valence-corrected chi connectivity index (χ4v) is 1.52. The predicted octanol–water partition coefficient (Wildman–Crippen LogP) is 0.918. The summed E-state index contributed by atoms with van der Waals surface area (Å²) in [5, 5.41) is 11.0. The molecule has 0 heterocycles. The van der Waals surface area contributed by atoms with E-state index in [9.17, 15) is 9.59 Å². The zero-order valence-electron chi connectivity index (χ0n) is 10.7. The summed E-state index contributed by atoms with van der Waals surface area (Å²) in [5.41, 5.74) is 0. The van der Waals surface area contributed by atoms with Crippen LogP contribution >= 0.6 is 0 Å². The summed E-state index contributed by atoms with van der Waals surface area (Å²) in [4.78, 5) is 23.5. The van der Waals surface area contributed by atoms with Crippen LogP contribution in [0.15, 0.2) is 0 Å². The smallest absolute Gasteiger partial charge is 0.329 e. The van der Waals surface area contributed by atoms with Gasteiger partial charge in [0.1, 0.15) is 6.61 Å². The van der Waals surface area contributed by atoms with Gasteiger partial charge in [-0.05, 0) is 12.8 Å². The molecule has 0 aliphatic heterocycles. The Bertz CT molecular complexity index is 242. The third-order valence-corrected chi connectivity index (χ3v) is 2.56. The number of carbonyl (C=O) groups excluding carboxylic acids is 1. The van der Waals surface area contributed by atoms with Gasteiger partial charge in [0, 0.05) is 19.6 Å². The van der Waals surface area contributed by atoms with Gasteiger partial charge in [-0.25, -0.2) is 9.59 Å².